The fraction of sp³-hybridized carbons (Fsp3) is 0.644. The molecule has 0 aliphatic rings. The molecule has 0 amide bonds. The summed E-state index contributed by atoms with van der Waals surface area (Å²) in [5, 5.41) is 0. The van der Waals surface area contributed by atoms with E-state index >= 15 is 0 Å². The van der Waals surface area contributed by atoms with E-state index in [4.69, 9.17) is 24.3 Å². The van der Waals surface area contributed by atoms with Gasteiger partial charge in [-0.05, 0) is 83.5 Å². The smallest absolute Gasteiger partial charge is 0.462 e. The van der Waals surface area contributed by atoms with Crippen molar-refractivity contribution in [3.05, 3.63) is 85.1 Å². The first-order valence-electron chi connectivity index (χ1n) is 21.1. The van der Waals surface area contributed by atoms with E-state index in [1.54, 1.807) is 0 Å². The van der Waals surface area contributed by atoms with Crippen molar-refractivity contribution < 1.29 is 37.6 Å². The Kier molecular flexibility index (Phi) is 38.8. The van der Waals surface area contributed by atoms with Crippen LogP contribution in [0.2, 0.25) is 0 Å². The number of esters is 2. The standard InChI is InChI=1S/C45H76NO8P/c1-3-5-7-9-11-13-15-17-19-21-23-25-27-29-31-33-35-37-44(47)51-41-43(42-53-55(49,50)52-40-39-46)54-45(48)38-36-34-32-30-28-26-24-22-20-18-16-14-12-10-8-6-4-2/h12,14,17-20,23-26,29-32,43H,3-11,13,15-16,21-22,27-28,33-42,46H2,1-2H3,(H,49,50)/b14-12+,19-17+,20-18+,25-23+,26-24+,31-29+,32-30+/t43-/m1/s1. The van der Waals surface area contributed by atoms with Gasteiger partial charge in [0, 0.05) is 19.4 Å². The number of phosphoric acid groups is 1. The summed E-state index contributed by atoms with van der Waals surface area (Å²) >= 11 is 0. The van der Waals surface area contributed by atoms with Gasteiger partial charge in [0.25, 0.3) is 0 Å². The molecule has 0 aromatic carbocycles. The number of ether oxygens (including phenoxy) is 2. The third kappa shape index (κ3) is 40.7. The zero-order valence-electron chi connectivity index (χ0n) is 34.4. The van der Waals surface area contributed by atoms with Crippen LogP contribution in [-0.2, 0) is 32.7 Å². The maximum Gasteiger partial charge on any atom is 0.472 e. The fourth-order valence-electron chi connectivity index (χ4n) is 5.11. The summed E-state index contributed by atoms with van der Waals surface area (Å²) in [7, 11) is -4.41. The summed E-state index contributed by atoms with van der Waals surface area (Å²) in [6.07, 6.45) is 50.6. The minimum absolute atomic E-state index is 0.0340. The van der Waals surface area contributed by atoms with Crippen LogP contribution < -0.4 is 5.73 Å². The number of hydrogen-bond acceptors (Lipinski definition) is 8. The van der Waals surface area contributed by atoms with Crippen LogP contribution in [0.3, 0.4) is 0 Å². The molecular formula is C45H76NO8P. The average molecular weight is 790 g/mol. The van der Waals surface area contributed by atoms with E-state index in [1.165, 1.54) is 57.8 Å². The summed E-state index contributed by atoms with van der Waals surface area (Å²) in [5.74, 6) is -0.964. The molecule has 0 fully saturated rings. The monoisotopic (exact) mass is 790 g/mol. The van der Waals surface area contributed by atoms with Crippen LogP contribution in [0, 0.1) is 0 Å². The molecular weight excluding hydrogens is 713 g/mol. The Hall–Kier alpha value is -2.81. The van der Waals surface area contributed by atoms with Crippen LogP contribution >= 0.6 is 7.82 Å². The zero-order chi connectivity index (χ0) is 40.3. The minimum Gasteiger partial charge on any atom is -0.462 e. The highest BCUT2D eigenvalue weighted by Crippen LogP contribution is 2.43. The quantitative estimate of drug-likeness (QED) is 0.0271. The third-order valence-corrected chi connectivity index (χ3v) is 9.24. The molecule has 0 aromatic rings. The minimum atomic E-state index is -4.41. The normalized spacial score (nSPS) is 14.2. The molecule has 2 atom stereocenters. The number of phosphoric ester groups is 1. The largest absolute Gasteiger partial charge is 0.472 e. The molecule has 0 aliphatic heterocycles. The van der Waals surface area contributed by atoms with Gasteiger partial charge in [-0.1, -0.05) is 144 Å². The Bertz CT molecular complexity index is 1170. The van der Waals surface area contributed by atoms with Gasteiger partial charge < -0.3 is 20.1 Å². The molecule has 9 nitrogen and oxygen atoms in total. The summed E-state index contributed by atoms with van der Waals surface area (Å²) < 4.78 is 32.6. The van der Waals surface area contributed by atoms with Crippen molar-refractivity contribution in [1.29, 1.82) is 0 Å². The number of unbranched alkanes of at least 4 members (excludes halogenated alkanes) is 11. The van der Waals surface area contributed by atoms with E-state index in [-0.39, 0.29) is 32.6 Å². The van der Waals surface area contributed by atoms with E-state index in [1.807, 2.05) is 12.2 Å². The molecule has 0 saturated carbocycles. The fourth-order valence-corrected chi connectivity index (χ4v) is 5.88. The van der Waals surface area contributed by atoms with Gasteiger partial charge in [0.2, 0.25) is 0 Å². The van der Waals surface area contributed by atoms with Gasteiger partial charge in [0.1, 0.15) is 6.61 Å². The van der Waals surface area contributed by atoms with Crippen LogP contribution in [-0.4, -0.2) is 49.3 Å². The first kappa shape index (κ1) is 52.2. The number of nitrogens with two attached hydrogens (primary N) is 1. The van der Waals surface area contributed by atoms with Crippen LogP contribution in [0.5, 0.6) is 0 Å². The molecule has 0 heterocycles. The molecule has 0 spiro atoms. The van der Waals surface area contributed by atoms with Gasteiger partial charge >= 0.3 is 19.8 Å². The third-order valence-electron chi connectivity index (χ3n) is 8.25. The lowest BCUT2D eigenvalue weighted by Gasteiger charge is -2.19. The van der Waals surface area contributed by atoms with Crippen molar-refractivity contribution >= 4 is 19.8 Å². The van der Waals surface area contributed by atoms with Crippen LogP contribution in [0.15, 0.2) is 85.1 Å². The van der Waals surface area contributed by atoms with Gasteiger partial charge in [-0.2, -0.15) is 0 Å². The Balaban J connectivity index is 4.38. The second kappa shape index (κ2) is 40.8. The first-order chi connectivity index (χ1) is 26.8. The summed E-state index contributed by atoms with van der Waals surface area (Å²) in [5.41, 5.74) is 5.33. The van der Waals surface area contributed by atoms with Crippen molar-refractivity contribution in [3.8, 4) is 0 Å². The van der Waals surface area contributed by atoms with E-state index in [0.29, 0.717) is 19.3 Å². The Labute approximate surface area is 334 Å². The lowest BCUT2D eigenvalue weighted by molar-refractivity contribution is -0.161. The highest BCUT2D eigenvalue weighted by Gasteiger charge is 2.25. The van der Waals surface area contributed by atoms with Gasteiger partial charge in [0.05, 0.1) is 13.2 Å². The molecule has 0 aromatic heterocycles. The highest BCUT2D eigenvalue weighted by molar-refractivity contribution is 7.47. The van der Waals surface area contributed by atoms with E-state index < -0.39 is 32.5 Å². The van der Waals surface area contributed by atoms with Crippen molar-refractivity contribution in [3.63, 3.8) is 0 Å². The molecule has 1 unspecified atom stereocenters. The number of carbonyl (C=O) groups excluding carboxylic acids is 2. The lowest BCUT2D eigenvalue weighted by atomic mass is 10.1. The predicted molar refractivity (Wildman–Crippen MR) is 229 cm³/mol. The van der Waals surface area contributed by atoms with Gasteiger partial charge in [-0.25, -0.2) is 4.57 Å². The summed E-state index contributed by atoms with van der Waals surface area (Å²) in [6.45, 7) is 3.55. The molecule has 314 valence electrons. The number of allylic oxidation sites excluding steroid dienone is 14. The molecule has 0 rings (SSSR count). The Morgan fingerprint density at radius 3 is 1.44 bits per heavy atom. The van der Waals surface area contributed by atoms with E-state index in [9.17, 15) is 19.0 Å². The Morgan fingerprint density at radius 1 is 0.545 bits per heavy atom. The van der Waals surface area contributed by atoms with Crippen molar-refractivity contribution in [2.24, 2.45) is 5.73 Å². The maximum absolute atomic E-state index is 12.5. The van der Waals surface area contributed by atoms with Gasteiger partial charge in [-0.3, -0.25) is 18.6 Å². The first-order valence-corrected chi connectivity index (χ1v) is 22.6. The molecule has 55 heavy (non-hydrogen) atoms. The average Bonchev–Trinajstić information content (AvgIpc) is 3.17. The van der Waals surface area contributed by atoms with Gasteiger partial charge in [-0.15, -0.1) is 0 Å². The van der Waals surface area contributed by atoms with Crippen LogP contribution in [0.1, 0.15) is 155 Å². The molecule has 0 aliphatic carbocycles. The SMILES string of the molecule is CCCCC/C=C/C/C=C/C/C=C/C/C=C/CCCC(=O)O[C@H](COC(=O)CCC/C=C/C/C=C/C/C=C/CCCCCCCC)COP(=O)(O)OCCN. The van der Waals surface area contributed by atoms with Gasteiger partial charge in [0.15, 0.2) is 6.10 Å². The second-order valence-corrected chi connectivity index (χ2v) is 14.9. The molecule has 10 heteroatoms. The number of rotatable bonds is 38. The van der Waals surface area contributed by atoms with Crippen molar-refractivity contribution in [2.75, 3.05) is 26.4 Å². The van der Waals surface area contributed by atoms with Crippen LogP contribution in [0.4, 0.5) is 0 Å². The summed E-state index contributed by atoms with van der Waals surface area (Å²) in [4.78, 5) is 34.8. The Morgan fingerprint density at radius 2 is 0.945 bits per heavy atom. The van der Waals surface area contributed by atoms with E-state index in [0.717, 1.165) is 51.4 Å². The molecule has 0 saturated heterocycles. The number of carbonyl (C=O) groups is 2. The highest BCUT2D eigenvalue weighted by atomic mass is 31.2. The maximum atomic E-state index is 12.5. The van der Waals surface area contributed by atoms with Crippen LogP contribution in [0.25, 0.3) is 0 Å². The topological polar surface area (TPSA) is 134 Å². The summed E-state index contributed by atoms with van der Waals surface area (Å²) in [6, 6.07) is 0. The predicted octanol–water partition coefficient (Wildman–Crippen LogP) is 12.0. The number of hydrogen-bond donors (Lipinski definition) is 2. The lowest BCUT2D eigenvalue weighted by Crippen LogP contribution is -2.29. The van der Waals surface area contributed by atoms with Crippen molar-refractivity contribution in [2.45, 2.75) is 161 Å². The second-order valence-electron chi connectivity index (χ2n) is 13.5. The molecule has 0 bridgehead atoms. The van der Waals surface area contributed by atoms with Crippen molar-refractivity contribution in [1.82, 2.24) is 0 Å². The molecule has 0 radical (unpaired) electrons. The van der Waals surface area contributed by atoms with E-state index in [2.05, 4.69) is 86.8 Å². The molecule has 3 N–H and O–H groups in total. The zero-order valence-corrected chi connectivity index (χ0v) is 35.3.